The predicted molar refractivity (Wildman–Crippen MR) is 98.5 cm³/mol. The lowest BCUT2D eigenvalue weighted by Gasteiger charge is -2.19. The Morgan fingerprint density at radius 3 is 2.12 bits per heavy atom. The number of nitrogens with one attached hydrogen (secondary N) is 1. The van der Waals surface area contributed by atoms with Gasteiger partial charge in [-0.2, -0.15) is 0 Å². The highest BCUT2D eigenvalue weighted by atomic mass is 31.2. The van der Waals surface area contributed by atoms with Gasteiger partial charge in [0.15, 0.2) is 0 Å². The fourth-order valence-electron chi connectivity index (χ4n) is 2.70. The van der Waals surface area contributed by atoms with Gasteiger partial charge in [-0.15, -0.1) is 0 Å². The number of rotatable bonds is 9. The molecule has 0 saturated heterocycles. The Kier molecular flexibility index (Phi) is 7.19. The Morgan fingerprint density at radius 2 is 1.54 bits per heavy atom. The highest BCUT2D eigenvalue weighted by Crippen LogP contribution is 2.44. The molecule has 3 atom stereocenters. The quantitative estimate of drug-likeness (QED) is 0.610. The van der Waals surface area contributed by atoms with Crippen LogP contribution in [0.15, 0.2) is 60.7 Å². The molecule has 0 fully saturated rings. The molecular formula is C19H26NO3P. The molecule has 2 rings (SSSR count). The third-order valence-corrected chi connectivity index (χ3v) is 5.71. The van der Waals surface area contributed by atoms with Crippen molar-refractivity contribution in [3.05, 3.63) is 71.8 Å². The van der Waals surface area contributed by atoms with Crippen LogP contribution in [0, 0.1) is 0 Å². The van der Waals surface area contributed by atoms with Gasteiger partial charge in [-0.05, 0) is 24.5 Å². The van der Waals surface area contributed by atoms with E-state index < -0.39 is 13.5 Å². The maximum Gasteiger partial charge on any atom is 0.207 e. The highest BCUT2D eigenvalue weighted by Gasteiger charge is 2.23. The van der Waals surface area contributed by atoms with Gasteiger partial charge in [0, 0.05) is 18.7 Å². The van der Waals surface area contributed by atoms with Crippen molar-refractivity contribution in [1.29, 1.82) is 0 Å². The molecule has 3 N–H and O–H groups in total. The van der Waals surface area contributed by atoms with Crippen LogP contribution in [0.3, 0.4) is 0 Å². The number of aliphatic hydroxyl groups is 1. The first kappa shape index (κ1) is 18.9. The van der Waals surface area contributed by atoms with Crippen LogP contribution in [0.1, 0.15) is 18.1 Å². The normalized spacial score (nSPS) is 16.3. The summed E-state index contributed by atoms with van der Waals surface area (Å²) in [6.45, 7) is 2.36. The van der Waals surface area contributed by atoms with Gasteiger partial charge in [0.25, 0.3) is 0 Å². The van der Waals surface area contributed by atoms with E-state index in [1.54, 1.807) is 0 Å². The summed E-state index contributed by atoms with van der Waals surface area (Å²) in [6.07, 6.45) is 0.0361. The molecule has 0 saturated carbocycles. The van der Waals surface area contributed by atoms with E-state index in [-0.39, 0.29) is 18.4 Å². The van der Waals surface area contributed by atoms with Crippen molar-refractivity contribution in [1.82, 2.24) is 5.32 Å². The standard InChI is InChI=1S/C19H26NO3P/c1-16(12-17-8-4-2-5-9-17)20-13-19(21)15-24(22,23)14-18-10-6-3-7-11-18/h2-11,16,19-21H,12-15H2,1H3,(H,22,23)/t16-,19+/m1/s1. The molecule has 2 aromatic carbocycles. The average Bonchev–Trinajstić information content (AvgIpc) is 2.54. The second-order valence-electron chi connectivity index (χ2n) is 6.33. The van der Waals surface area contributed by atoms with Crippen LogP contribution in [0.2, 0.25) is 0 Å². The summed E-state index contributed by atoms with van der Waals surface area (Å²) in [6, 6.07) is 19.5. The molecule has 130 valence electrons. The fourth-order valence-corrected chi connectivity index (χ4v) is 4.40. The molecule has 4 nitrogen and oxygen atoms in total. The van der Waals surface area contributed by atoms with Crippen molar-refractivity contribution in [2.75, 3.05) is 12.7 Å². The van der Waals surface area contributed by atoms with E-state index in [0.717, 1.165) is 12.0 Å². The van der Waals surface area contributed by atoms with Gasteiger partial charge < -0.3 is 15.3 Å². The third-order valence-electron chi connectivity index (χ3n) is 3.86. The van der Waals surface area contributed by atoms with E-state index >= 15 is 0 Å². The van der Waals surface area contributed by atoms with Crippen molar-refractivity contribution in [2.24, 2.45) is 0 Å². The number of benzene rings is 2. The van der Waals surface area contributed by atoms with Crippen LogP contribution in [-0.4, -0.2) is 34.9 Å². The SMILES string of the molecule is C[C@H](Cc1ccccc1)NC[C@H](O)CP(=O)(O)Cc1ccccc1. The van der Waals surface area contributed by atoms with E-state index in [2.05, 4.69) is 17.4 Å². The molecule has 0 bridgehead atoms. The van der Waals surface area contributed by atoms with Crippen molar-refractivity contribution < 1.29 is 14.6 Å². The van der Waals surface area contributed by atoms with Crippen LogP contribution in [0.5, 0.6) is 0 Å². The maximum atomic E-state index is 12.3. The molecule has 0 spiro atoms. The van der Waals surface area contributed by atoms with Crippen molar-refractivity contribution in [3.8, 4) is 0 Å². The smallest absolute Gasteiger partial charge is 0.207 e. The van der Waals surface area contributed by atoms with Gasteiger partial charge in [0.2, 0.25) is 7.37 Å². The molecule has 0 aliphatic rings. The maximum absolute atomic E-state index is 12.3. The van der Waals surface area contributed by atoms with Crippen LogP contribution < -0.4 is 5.32 Å². The highest BCUT2D eigenvalue weighted by molar-refractivity contribution is 7.57. The Hall–Kier alpha value is -1.45. The van der Waals surface area contributed by atoms with Crippen LogP contribution in [0.4, 0.5) is 0 Å². The van der Waals surface area contributed by atoms with Gasteiger partial charge in [-0.25, -0.2) is 0 Å². The van der Waals surface area contributed by atoms with Crippen molar-refractivity contribution >= 4 is 7.37 Å². The summed E-state index contributed by atoms with van der Waals surface area (Å²) in [5, 5.41) is 13.3. The first-order valence-electron chi connectivity index (χ1n) is 8.25. The van der Waals surface area contributed by atoms with Crippen LogP contribution in [-0.2, 0) is 17.1 Å². The van der Waals surface area contributed by atoms with Crippen molar-refractivity contribution in [3.63, 3.8) is 0 Å². The third kappa shape index (κ3) is 6.98. The van der Waals surface area contributed by atoms with Crippen LogP contribution >= 0.6 is 7.37 Å². The number of hydrogen-bond acceptors (Lipinski definition) is 3. The molecule has 24 heavy (non-hydrogen) atoms. The summed E-state index contributed by atoms with van der Waals surface area (Å²) >= 11 is 0. The van der Waals surface area contributed by atoms with Gasteiger partial charge in [-0.1, -0.05) is 60.7 Å². The lowest BCUT2D eigenvalue weighted by atomic mass is 10.1. The van der Waals surface area contributed by atoms with E-state index in [9.17, 15) is 14.6 Å². The van der Waals surface area contributed by atoms with Gasteiger partial charge in [-0.3, -0.25) is 4.57 Å². The zero-order valence-electron chi connectivity index (χ0n) is 14.0. The van der Waals surface area contributed by atoms with Gasteiger partial charge in [0.05, 0.1) is 12.3 Å². The average molecular weight is 347 g/mol. The zero-order valence-corrected chi connectivity index (χ0v) is 14.9. The summed E-state index contributed by atoms with van der Waals surface area (Å²) in [4.78, 5) is 10.1. The topological polar surface area (TPSA) is 69.6 Å². The predicted octanol–water partition coefficient (Wildman–Crippen LogP) is 3.04. The number of aliphatic hydroxyl groups excluding tert-OH is 1. The molecule has 1 unspecified atom stereocenters. The second kappa shape index (κ2) is 9.14. The zero-order chi connectivity index (χ0) is 17.4. The van der Waals surface area contributed by atoms with Gasteiger partial charge >= 0.3 is 0 Å². The van der Waals surface area contributed by atoms with E-state index in [1.807, 2.05) is 55.5 Å². The lowest BCUT2D eigenvalue weighted by Crippen LogP contribution is -2.36. The molecule has 5 heteroatoms. The number of hydrogen-bond donors (Lipinski definition) is 3. The van der Waals surface area contributed by atoms with Gasteiger partial charge in [0.1, 0.15) is 0 Å². The molecule has 0 amide bonds. The monoisotopic (exact) mass is 347 g/mol. The molecule has 0 aliphatic heterocycles. The van der Waals surface area contributed by atoms with E-state index in [4.69, 9.17) is 0 Å². The summed E-state index contributed by atoms with van der Waals surface area (Å²) in [5.41, 5.74) is 2.05. The Bertz CT molecular complexity index is 648. The largest absolute Gasteiger partial charge is 0.391 e. The van der Waals surface area contributed by atoms with E-state index in [0.29, 0.717) is 6.54 Å². The Labute approximate surface area is 144 Å². The first-order valence-corrected chi connectivity index (χ1v) is 10.3. The fraction of sp³-hybridized carbons (Fsp3) is 0.368. The Balaban J connectivity index is 1.75. The molecule has 0 aromatic heterocycles. The van der Waals surface area contributed by atoms with E-state index in [1.165, 1.54) is 5.56 Å². The van der Waals surface area contributed by atoms with Crippen LogP contribution in [0.25, 0.3) is 0 Å². The molecular weight excluding hydrogens is 321 g/mol. The summed E-state index contributed by atoms with van der Waals surface area (Å²) < 4.78 is 12.3. The lowest BCUT2D eigenvalue weighted by molar-refractivity contribution is 0.186. The molecule has 2 aromatic rings. The Morgan fingerprint density at radius 1 is 1.00 bits per heavy atom. The van der Waals surface area contributed by atoms with Crippen molar-refractivity contribution in [2.45, 2.75) is 31.7 Å². The minimum atomic E-state index is -3.39. The first-order chi connectivity index (χ1) is 11.4. The summed E-state index contributed by atoms with van der Waals surface area (Å²) in [7, 11) is -3.39. The minimum absolute atomic E-state index is 0.0903. The molecule has 0 heterocycles. The molecule has 0 radical (unpaired) electrons. The second-order valence-corrected chi connectivity index (χ2v) is 8.70. The summed E-state index contributed by atoms with van der Waals surface area (Å²) in [5.74, 6) is 0. The minimum Gasteiger partial charge on any atom is -0.391 e. The molecule has 0 aliphatic carbocycles.